The average Bonchev–Trinajstić information content (AvgIpc) is 3.16. The predicted molar refractivity (Wildman–Crippen MR) is 104 cm³/mol. The lowest BCUT2D eigenvalue weighted by Crippen LogP contribution is -2.41. The van der Waals surface area contributed by atoms with E-state index in [9.17, 15) is 18.0 Å². The van der Waals surface area contributed by atoms with E-state index in [2.05, 4.69) is 16.7 Å². The van der Waals surface area contributed by atoms with Crippen molar-refractivity contribution in [2.45, 2.75) is 51.2 Å². The zero-order valence-corrected chi connectivity index (χ0v) is 16.4. The van der Waals surface area contributed by atoms with E-state index in [1.54, 1.807) is 12.1 Å². The van der Waals surface area contributed by atoms with Gasteiger partial charge < -0.3 is 10.6 Å². The first-order valence-electron chi connectivity index (χ1n) is 10.2. The van der Waals surface area contributed by atoms with E-state index in [1.807, 2.05) is 12.1 Å². The lowest BCUT2D eigenvalue weighted by Gasteiger charge is -2.35. The molecule has 1 aliphatic heterocycles. The number of alkyl halides is 3. The van der Waals surface area contributed by atoms with Crippen LogP contribution in [0.1, 0.15) is 49.4 Å². The SMILES string of the molecule is CCN(C[C@H]1CC[C@H](C(F)(F)F)CC1)[C@@H]1CCN(c2ccc(C(N)=O)cc2)C1. The predicted octanol–water partition coefficient (Wildman–Crippen LogP) is 4.05. The maximum absolute atomic E-state index is 12.9. The van der Waals surface area contributed by atoms with Gasteiger partial charge in [0, 0.05) is 36.9 Å². The van der Waals surface area contributed by atoms with Crippen LogP contribution in [0.2, 0.25) is 0 Å². The van der Waals surface area contributed by atoms with Gasteiger partial charge in [-0.05, 0) is 68.8 Å². The molecule has 0 aromatic heterocycles. The van der Waals surface area contributed by atoms with E-state index in [-0.39, 0.29) is 12.8 Å². The molecule has 2 aliphatic rings. The highest BCUT2D eigenvalue weighted by Crippen LogP contribution is 2.40. The fraction of sp³-hybridized carbons (Fsp3) is 0.667. The Labute approximate surface area is 164 Å². The first-order chi connectivity index (χ1) is 13.3. The summed E-state index contributed by atoms with van der Waals surface area (Å²) in [5.74, 6) is -1.17. The number of carbonyl (C=O) groups is 1. The number of amides is 1. The summed E-state index contributed by atoms with van der Waals surface area (Å²) in [5.41, 5.74) is 6.88. The maximum Gasteiger partial charge on any atom is 0.391 e. The number of halogens is 3. The van der Waals surface area contributed by atoms with Crippen LogP contribution >= 0.6 is 0 Å². The van der Waals surface area contributed by atoms with Gasteiger partial charge in [-0.2, -0.15) is 13.2 Å². The number of likely N-dealkylation sites (N-methyl/N-ethyl adjacent to an activating group) is 1. The Balaban J connectivity index is 1.52. The van der Waals surface area contributed by atoms with Crippen LogP contribution in [-0.4, -0.2) is 49.2 Å². The van der Waals surface area contributed by atoms with Crippen LogP contribution < -0.4 is 10.6 Å². The maximum atomic E-state index is 12.9. The molecule has 7 heteroatoms. The van der Waals surface area contributed by atoms with Gasteiger partial charge in [-0.25, -0.2) is 0 Å². The summed E-state index contributed by atoms with van der Waals surface area (Å²) in [4.78, 5) is 16.0. The minimum Gasteiger partial charge on any atom is -0.370 e. The summed E-state index contributed by atoms with van der Waals surface area (Å²) in [6.45, 7) is 5.78. The van der Waals surface area contributed by atoms with Crippen LogP contribution in [0.25, 0.3) is 0 Å². The molecule has 0 unspecified atom stereocenters. The molecule has 3 rings (SSSR count). The molecule has 2 fully saturated rings. The van der Waals surface area contributed by atoms with Gasteiger partial charge in [0.2, 0.25) is 5.91 Å². The molecule has 0 spiro atoms. The number of rotatable bonds is 6. The summed E-state index contributed by atoms with van der Waals surface area (Å²) in [6.07, 6.45) is -1.10. The third-order valence-corrected chi connectivity index (χ3v) is 6.41. The molecule has 1 aromatic rings. The smallest absolute Gasteiger partial charge is 0.370 e. The van der Waals surface area contributed by atoms with Crippen molar-refractivity contribution in [2.24, 2.45) is 17.6 Å². The van der Waals surface area contributed by atoms with Crippen LogP contribution in [0.4, 0.5) is 18.9 Å². The lowest BCUT2D eigenvalue weighted by molar-refractivity contribution is -0.184. The molecule has 0 bridgehead atoms. The van der Waals surface area contributed by atoms with Crippen LogP contribution in [0, 0.1) is 11.8 Å². The molecule has 1 saturated carbocycles. The molecule has 1 amide bonds. The Morgan fingerprint density at radius 2 is 1.79 bits per heavy atom. The number of anilines is 1. The number of primary amides is 1. The first kappa shape index (κ1) is 21.0. The Morgan fingerprint density at radius 1 is 1.14 bits per heavy atom. The summed E-state index contributed by atoms with van der Waals surface area (Å²) in [7, 11) is 0. The highest BCUT2D eigenvalue weighted by Gasteiger charge is 2.41. The summed E-state index contributed by atoms with van der Waals surface area (Å²) in [6, 6.07) is 7.78. The Morgan fingerprint density at radius 3 is 2.32 bits per heavy atom. The average molecular weight is 397 g/mol. The van der Waals surface area contributed by atoms with Gasteiger partial charge in [0.25, 0.3) is 0 Å². The van der Waals surface area contributed by atoms with Gasteiger partial charge in [0.15, 0.2) is 0 Å². The minimum absolute atomic E-state index is 0.273. The second-order valence-corrected chi connectivity index (χ2v) is 8.15. The second kappa shape index (κ2) is 8.72. The van der Waals surface area contributed by atoms with Crippen molar-refractivity contribution in [3.05, 3.63) is 29.8 Å². The monoisotopic (exact) mass is 397 g/mol. The van der Waals surface area contributed by atoms with E-state index in [4.69, 9.17) is 5.73 Å². The van der Waals surface area contributed by atoms with Gasteiger partial charge in [0.1, 0.15) is 0 Å². The van der Waals surface area contributed by atoms with Crippen LogP contribution in [0.15, 0.2) is 24.3 Å². The Bertz CT molecular complexity index is 654. The highest BCUT2D eigenvalue weighted by atomic mass is 19.4. The number of benzene rings is 1. The number of hydrogen-bond donors (Lipinski definition) is 1. The normalized spacial score (nSPS) is 26.0. The van der Waals surface area contributed by atoms with Crippen LogP contribution in [-0.2, 0) is 0 Å². The fourth-order valence-electron chi connectivity index (χ4n) is 4.65. The fourth-order valence-corrected chi connectivity index (χ4v) is 4.65. The molecule has 2 N–H and O–H groups in total. The van der Waals surface area contributed by atoms with Gasteiger partial charge in [-0.3, -0.25) is 9.69 Å². The number of nitrogens with zero attached hydrogens (tertiary/aromatic N) is 2. The van der Waals surface area contributed by atoms with Gasteiger partial charge >= 0.3 is 6.18 Å². The Hall–Kier alpha value is -1.76. The third-order valence-electron chi connectivity index (χ3n) is 6.41. The van der Waals surface area contributed by atoms with Gasteiger partial charge in [-0.15, -0.1) is 0 Å². The number of carbonyl (C=O) groups excluding carboxylic acids is 1. The van der Waals surface area contributed by atoms with Crippen molar-refractivity contribution >= 4 is 11.6 Å². The van der Waals surface area contributed by atoms with Crippen LogP contribution in [0.3, 0.4) is 0 Å². The largest absolute Gasteiger partial charge is 0.391 e. The van der Waals surface area contributed by atoms with E-state index < -0.39 is 18.0 Å². The van der Waals surface area contributed by atoms with Crippen molar-refractivity contribution in [3.8, 4) is 0 Å². The standard InChI is InChI=1S/C21H30F3N3O/c1-2-26(13-15-3-7-17(8-4-15)21(22,23)24)19-11-12-27(14-19)18-9-5-16(6-10-18)20(25)28/h5-6,9-10,15,17,19H,2-4,7-8,11-14H2,1H3,(H2,25,28)/t15-,17-,19-/m1/s1. The second-order valence-electron chi connectivity index (χ2n) is 8.15. The first-order valence-corrected chi connectivity index (χ1v) is 10.2. The zero-order valence-electron chi connectivity index (χ0n) is 16.4. The third kappa shape index (κ3) is 4.99. The van der Waals surface area contributed by atoms with Crippen molar-refractivity contribution < 1.29 is 18.0 Å². The number of hydrogen-bond acceptors (Lipinski definition) is 3. The quantitative estimate of drug-likeness (QED) is 0.788. The molecule has 1 aromatic carbocycles. The van der Waals surface area contributed by atoms with E-state index in [1.165, 1.54) is 0 Å². The minimum atomic E-state index is -4.04. The molecule has 1 aliphatic carbocycles. The molecule has 0 radical (unpaired) electrons. The molecular formula is C21H30F3N3O. The zero-order chi connectivity index (χ0) is 20.3. The van der Waals surface area contributed by atoms with Crippen LogP contribution in [0.5, 0.6) is 0 Å². The summed E-state index contributed by atoms with van der Waals surface area (Å²) >= 11 is 0. The Kier molecular flexibility index (Phi) is 6.53. The van der Waals surface area contributed by atoms with Gasteiger partial charge in [0.05, 0.1) is 5.92 Å². The molecule has 156 valence electrons. The van der Waals surface area contributed by atoms with Crippen molar-refractivity contribution in [1.29, 1.82) is 0 Å². The van der Waals surface area contributed by atoms with Crippen molar-refractivity contribution in [1.82, 2.24) is 4.90 Å². The molecule has 1 saturated heterocycles. The molecule has 28 heavy (non-hydrogen) atoms. The van der Waals surface area contributed by atoms with Gasteiger partial charge in [-0.1, -0.05) is 6.92 Å². The highest BCUT2D eigenvalue weighted by molar-refractivity contribution is 5.93. The molecule has 1 atom stereocenters. The lowest BCUT2D eigenvalue weighted by atomic mass is 9.81. The van der Waals surface area contributed by atoms with E-state index in [0.29, 0.717) is 30.4 Å². The topological polar surface area (TPSA) is 49.6 Å². The molecule has 1 heterocycles. The summed E-state index contributed by atoms with van der Waals surface area (Å²) in [5, 5.41) is 0. The van der Waals surface area contributed by atoms with Crippen molar-refractivity contribution in [2.75, 3.05) is 31.1 Å². The van der Waals surface area contributed by atoms with E-state index >= 15 is 0 Å². The van der Waals surface area contributed by atoms with Crippen molar-refractivity contribution in [3.63, 3.8) is 0 Å². The molecule has 4 nitrogen and oxygen atoms in total. The number of nitrogens with two attached hydrogens (primary N) is 1. The summed E-state index contributed by atoms with van der Waals surface area (Å²) < 4.78 is 38.6. The molecular weight excluding hydrogens is 367 g/mol. The van der Waals surface area contributed by atoms with E-state index in [0.717, 1.165) is 38.3 Å².